The van der Waals surface area contributed by atoms with Gasteiger partial charge in [-0.1, -0.05) is 41.9 Å². The van der Waals surface area contributed by atoms with E-state index in [2.05, 4.69) is 33.0 Å². The molecule has 128 valence electrons. The molecule has 1 amide bonds. The molecule has 0 aliphatic heterocycles. The van der Waals surface area contributed by atoms with Crippen LogP contribution in [-0.2, 0) is 11.2 Å². The van der Waals surface area contributed by atoms with Crippen molar-refractivity contribution in [3.8, 4) is 0 Å². The second-order valence-corrected chi connectivity index (χ2v) is 6.64. The van der Waals surface area contributed by atoms with Crippen LogP contribution in [0.15, 0.2) is 47.1 Å². The molecule has 1 heterocycles. The van der Waals surface area contributed by atoms with Gasteiger partial charge in [-0.3, -0.25) is 4.79 Å². The number of aromatic nitrogens is 1. The van der Waals surface area contributed by atoms with E-state index >= 15 is 0 Å². The lowest BCUT2D eigenvalue weighted by Crippen LogP contribution is -2.35. The first-order chi connectivity index (χ1) is 11.6. The second kappa shape index (κ2) is 9.77. The van der Waals surface area contributed by atoms with E-state index in [-0.39, 0.29) is 11.1 Å². The Kier molecular flexibility index (Phi) is 7.69. The number of amides is 1. The zero-order valence-electron chi connectivity index (χ0n) is 13.5. The fourth-order valence-corrected chi connectivity index (χ4v) is 2.89. The van der Waals surface area contributed by atoms with Crippen LogP contribution in [0, 0.1) is 0 Å². The molecule has 0 saturated carbocycles. The van der Waals surface area contributed by atoms with Gasteiger partial charge in [-0.25, -0.2) is 4.98 Å². The van der Waals surface area contributed by atoms with Gasteiger partial charge >= 0.3 is 0 Å². The van der Waals surface area contributed by atoms with Gasteiger partial charge in [0.1, 0.15) is 5.15 Å². The number of rotatable bonds is 8. The molecule has 0 aliphatic rings. The molecular weight excluding hydrogens is 392 g/mol. The number of nitrogens with zero attached hydrogens (tertiary/aromatic N) is 2. The lowest BCUT2D eigenvalue weighted by Gasteiger charge is -2.23. The third-order valence-electron chi connectivity index (χ3n) is 3.62. The zero-order valence-corrected chi connectivity index (χ0v) is 15.9. The van der Waals surface area contributed by atoms with Crippen molar-refractivity contribution in [3.63, 3.8) is 0 Å². The first-order valence-corrected chi connectivity index (χ1v) is 8.92. The minimum Gasteiger partial charge on any atom is -0.383 e. The molecule has 4 nitrogen and oxygen atoms in total. The molecule has 0 atom stereocenters. The van der Waals surface area contributed by atoms with E-state index in [1.54, 1.807) is 24.3 Å². The Morgan fingerprint density at radius 2 is 2.04 bits per heavy atom. The summed E-state index contributed by atoms with van der Waals surface area (Å²) in [4.78, 5) is 18.6. The van der Waals surface area contributed by atoms with Gasteiger partial charge in [-0.05, 0) is 40.4 Å². The van der Waals surface area contributed by atoms with Crippen molar-refractivity contribution in [3.05, 3.63) is 63.3 Å². The van der Waals surface area contributed by atoms with Gasteiger partial charge in [0.05, 0.1) is 12.2 Å². The number of hydrogen-bond donors (Lipinski definition) is 0. The SMILES string of the molecule is COCCN(CCCc1ccccc1)C(=O)c1cc(Br)cnc1Cl. The Balaban J connectivity index is 2.03. The lowest BCUT2D eigenvalue weighted by molar-refractivity contribution is 0.0693. The van der Waals surface area contributed by atoms with Gasteiger partial charge in [0.15, 0.2) is 0 Å². The summed E-state index contributed by atoms with van der Waals surface area (Å²) in [6, 6.07) is 11.9. The first kappa shape index (κ1) is 18.9. The number of methoxy groups -OCH3 is 1. The molecule has 0 spiro atoms. The van der Waals surface area contributed by atoms with Gasteiger partial charge in [-0.2, -0.15) is 0 Å². The van der Waals surface area contributed by atoms with Crippen molar-refractivity contribution in [2.45, 2.75) is 12.8 Å². The topological polar surface area (TPSA) is 42.4 Å². The molecule has 0 radical (unpaired) electrons. The lowest BCUT2D eigenvalue weighted by atomic mass is 10.1. The first-order valence-electron chi connectivity index (χ1n) is 7.75. The van der Waals surface area contributed by atoms with Crippen molar-refractivity contribution in [2.75, 3.05) is 26.8 Å². The van der Waals surface area contributed by atoms with E-state index < -0.39 is 0 Å². The van der Waals surface area contributed by atoms with E-state index in [0.29, 0.717) is 25.3 Å². The number of hydrogen-bond acceptors (Lipinski definition) is 3. The molecule has 0 bridgehead atoms. The van der Waals surface area contributed by atoms with E-state index in [1.165, 1.54) is 5.56 Å². The maximum Gasteiger partial charge on any atom is 0.257 e. The maximum absolute atomic E-state index is 12.8. The number of pyridine rings is 1. The summed E-state index contributed by atoms with van der Waals surface area (Å²) in [7, 11) is 1.63. The molecule has 1 aromatic heterocycles. The van der Waals surface area contributed by atoms with E-state index in [4.69, 9.17) is 16.3 Å². The molecule has 2 aromatic rings. The predicted octanol–water partition coefficient (Wildman–Crippen LogP) is 4.22. The molecule has 0 unspecified atom stereocenters. The Bertz CT molecular complexity index is 667. The third kappa shape index (κ3) is 5.58. The number of benzene rings is 1. The van der Waals surface area contributed by atoms with Gasteiger partial charge in [0, 0.05) is 30.9 Å². The number of aryl methyl sites for hydroxylation is 1. The summed E-state index contributed by atoms with van der Waals surface area (Å²) in [5, 5.41) is 0.216. The standard InChI is InChI=1S/C18H20BrClN2O2/c1-24-11-10-22(9-5-8-14-6-3-2-4-7-14)18(23)16-12-15(19)13-21-17(16)20/h2-4,6-7,12-13H,5,8-11H2,1H3. The summed E-state index contributed by atoms with van der Waals surface area (Å²) in [5.41, 5.74) is 1.67. The van der Waals surface area contributed by atoms with E-state index in [9.17, 15) is 4.79 Å². The van der Waals surface area contributed by atoms with Crippen molar-refractivity contribution < 1.29 is 9.53 Å². The van der Waals surface area contributed by atoms with E-state index in [0.717, 1.165) is 17.3 Å². The fraction of sp³-hybridized carbons (Fsp3) is 0.333. The maximum atomic E-state index is 12.8. The summed E-state index contributed by atoms with van der Waals surface area (Å²) < 4.78 is 5.85. The molecular formula is C18H20BrClN2O2. The van der Waals surface area contributed by atoms with Crippen molar-refractivity contribution >= 4 is 33.4 Å². The summed E-state index contributed by atoms with van der Waals surface area (Å²) in [6.45, 7) is 1.64. The predicted molar refractivity (Wildman–Crippen MR) is 99.5 cm³/mol. The number of halogens is 2. The van der Waals surface area contributed by atoms with Crippen LogP contribution < -0.4 is 0 Å². The Hall–Kier alpha value is -1.43. The van der Waals surface area contributed by atoms with Crippen LogP contribution in [0.3, 0.4) is 0 Å². The van der Waals surface area contributed by atoms with Crippen molar-refractivity contribution in [1.29, 1.82) is 0 Å². The Morgan fingerprint density at radius 3 is 2.75 bits per heavy atom. The Labute approximate surface area is 155 Å². The second-order valence-electron chi connectivity index (χ2n) is 5.37. The number of carbonyl (C=O) groups excluding carboxylic acids is 1. The normalized spacial score (nSPS) is 10.6. The van der Waals surface area contributed by atoms with Crippen LogP contribution in [0.25, 0.3) is 0 Å². The van der Waals surface area contributed by atoms with Gasteiger partial charge in [0.2, 0.25) is 0 Å². The van der Waals surface area contributed by atoms with Crippen molar-refractivity contribution in [1.82, 2.24) is 9.88 Å². The molecule has 2 rings (SSSR count). The van der Waals surface area contributed by atoms with Crippen LogP contribution in [0.2, 0.25) is 5.15 Å². The highest BCUT2D eigenvalue weighted by molar-refractivity contribution is 9.10. The van der Waals surface area contributed by atoms with Gasteiger partial charge < -0.3 is 9.64 Å². The Morgan fingerprint density at radius 1 is 1.29 bits per heavy atom. The average molecular weight is 412 g/mol. The van der Waals surface area contributed by atoms with Crippen LogP contribution in [-0.4, -0.2) is 42.6 Å². The highest BCUT2D eigenvalue weighted by atomic mass is 79.9. The van der Waals surface area contributed by atoms with Crippen LogP contribution in [0.4, 0.5) is 0 Å². The summed E-state index contributed by atoms with van der Waals surface area (Å²) in [6.07, 6.45) is 3.37. The monoisotopic (exact) mass is 410 g/mol. The largest absolute Gasteiger partial charge is 0.383 e. The smallest absolute Gasteiger partial charge is 0.257 e. The van der Waals surface area contributed by atoms with Crippen LogP contribution in [0.5, 0.6) is 0 Å². The molecule has 1 aromatic carbocycles. The summed E-state index contributed by atoms with van der Waals surface area (Å²) in [5.74, 6) is -0.126. The quantitative estimate of drug-likeness (QED) is 0.611. The highest BCUT2D eigenvalue weighted by Gasteiger charge is 2.19. The molecule has 24 heavy (non-hydrogen) atoms. The molecule has 0 aliphatic carbocycles. The fourth-order valence-electron chi connectivity index (χ4n) is 2.38. The van der Waals surface area contributed by atoms with Crippen molar-refractivity contribution in [2.24, 2.45) is 0 Å². The van der Waals surface area contributed by atoms with Gasteiger partial charge in [0.25, 0.3) is 5.91 Å². The van der Waals surface area contributed by atoms with Crippen LogP contribution in [0.1, 0.15) is 22.3 Å². The minimum absolute atomic E-state index is 0.126. The van der Waals surface area contributed by atoms with Gasteiger partial charge in [-0.15, -0.1) is 0 Å². The zero-order chi connectivity index (χ0) is 17.4. The average Bonchev–Trinajstić information content (AvgIpc) is 2.60. The number of carbonyl (C=O) groups is 1. The third-order valence-corrected chi connectivity index (χ3v) is 4.36. The molecule has 0 N–H and O–H groups in total. The minimum atomic E-state index is -0.126. The van der Waals surface area contributed by atoms with E-state index in [1.807, 2.05) is 18.2 Å². The van der Waals surface area contributed by atoms with Crippen LogP contribution >= 0.6 is 27.5 Å². The molecule has 0 fully saturated rings. The molecule has 0 saturated heterocycles. The summed E-state index contributed by atoms with van der Waals surface area (Å²) >= 11 is 9.42. The molecule has 6 heteroatoms. The number of ether oxygens (including phenoxy) is 1. The highest BCUT2D eigenvalue weighted by Crippen LogP contribution is 2.20.